The first-order valence-electron chi connectivity index (χ1n) is 6.65. The summed E-state index contributed by atoms with van der Waals surface area (Å²) in [5.74, 6) is -0.681. The molecule has 0 bridgehead atoms. The van der Waals surface area contributed by atoms with Crippen LogP contribution in [0.2, 0.25) is 0 Å². The van der Waals surface area contributed by atoms with E-state index in [9.17, 15) is 9.59 Å². The van der Waals surface area contributed by atoms with Crippen LogP contribution in [-0.2, 0) is 28.5 Å². The van der Waals surface area contributed by atoms with Crippen molar-refractivity contribution in [2.75, 3.05) is 6.61 Å². The zero-order valence-electron chi connectivity index (χ0n) is 12.0. The first kappa shape index (κ1) is 15.6. The van der Waals surface area contributed by atoms with Gasteiger partial charge in [0.2, 0.25) is 0 Å². The third-order valence-electron chi connectivity index (χ3n) is 2.99. The minimum absolute atomic E-state index is 0.0484. The highest BCUT2D eigenvalue weighted by atomic mass is 32.2. The minimum atomic E-state index is -0.615. The minimum Gasteiger partial charge on any atom is -0.463 e. The highest BCUT2D eigenvalue weighted by Gasteiger charge is 2.59. The number of esters is 2. The monoisotopic (exact) mass is 304 g/mol. The van der Waals surface area contributed by atoms with E-state index in [0.29, 0.717) is 0 Å². The average molecular weight is 304 g/mol. The van der Waals surface area contributed by atoms with Crippen molar-refractivity contribution in [2.24, 2.45) is 0 Å². The molecule has 0 aromatic heterocycles. The summed E-state index contributed by atoms with van der Waals surface area (Å²) in [7, 11) is 0. The summed E-state index contributed by atoms with van der Waals surface area (Å²) in [6, 6.07) is 0. The Morgan fingerprint density at radius 1 is 1.20 bits per heavy atom. The molecule has 0 unspecified atom stereocenters. The molecule has 2 aliphatic heterocycles. The van der Waals surface area contributed by atoms with E-state index in [4.69, 9.17) is 18.9 Å². The molecule has 0 aromatic rings. The van der Waals surface area contributed by atoms with Gasteiger partial charge in [-0.1, -0.05) is 0 Å². The number of hydrogen-bond donors (Lipinski definition) is 0. The molecule has 5 atom stereocenters. The van der Waals surface area contributed by atoms with Crippen LogP contribution in [0.3, 0.4) is 0 Å². The lowest BCUT2D eigenvalue weighted by Gasteiger charge is -2.34. The number of rotatable bonds is 5. The summed E-state index contributed by atoms with van der Waals surface area (Å²) in [5, 5.41) is 0.336. The second-order valence-corrected chi connectivity index (χ2v) is 6.53. The molecule has 2 fully saturated rings. The van der Waals surface area contributed by atoms with Gasteiger partial charge < -0.3 is 18.9 Å². The molecule has 0 aromatic carbocycles. The quantitative estimate of drug-likeness (QED) is 0.556. The maximum Gasteiger partial charge on any atom is 0.303 e. The SMILES string of the molecule is CC(=O)OC[C@H]1O[C@H](OC(C)C)[C@H](OC(C)=O)[C@H]2S[C@H]21. The lowest BCUT2D eigenvalue weighted by Crippen LogP contribution is -2.50. The average Bonchev–Trinajstić information content (AvgIpc) is 3.08. The van der Waals surface area contributed by atoms with Crippen LogP contribution < -0.4 is 0 Å². The topological polar surface area (TPSA) is 71.1 Å². The highest BCUT2D eigenvalue weighted by Crippen LogP contribution is 2.52. The number of carbonyl (C=O) groups excluding carboxylic acids is 2. The van der Waals surface area contributed by atoms with Crippen molar-refractivity contribution in [2.45, 2.75) is 62.8 Å². The van der Waals surface area contributed by atoms with Gasteiger partial charge in [0, 0.05) is 13.8 Å². The van der Waals surface area contributed by atoms with Crippen LogP contribution in [-0.4, -0.2) is 53.6 Å². The molecule has 6 nitrogen and oxygen atoms in total. The summed E-state index contributed by atoms with van der Waals surface area (Å²) in [5.41, 5.74) is 0. The Hall–Kier alpha value is -0.790. The molecule has 2 saturated heterocycles. The molecule has 0 radical (unpaired) electrons. The van der Waals surface area contributed by atoms with Crippen LogP contribution in [0, 0.1) is 0 Å². The highest BCUT2D eigenvalue weighted by molar-refractivity contribution is 8.07. The van der Waals surface area contributed by atoms with E-state index in [-0.39, 0.29) is 41.3 Å². The molecule has 114 valence electrons. The third-order valence-corrected chi connectivity index (χ3v) is 4.46. The Labute approximate surface area is 122 Å². The molecule has 7 heteroatoms. The van der Waals surface area contributed by atoms with Gasteiger partial charge in [-0.25, -0.2) is 0 Å². The maximum absolute atomic E-state index is 11.2. The number of carbonyl (C=O) groups is 2. The fraction of sp³-hybridized carbons (Fsp3) is 0.846. The second kappa shape index (κ2) is 6.32. The van der Waals surface area contributed by atoms with Gasteiger partial charge in [0.05, 0.1) is 16.6 Å². The standard InChI is InChI=1S/C13H20O6S/c1-6(2)17-13-10(18-8(4)15)12-11(20-12)9(19-13)5-16-7(3)14/h6,9-13H,5H2,1-4H3/t9-,10-,11+,12-,13+/m1/s1. The predicted octanol–water partition coefficient (Wildman–Crippen LogP) is 1.12. The zero-order valence-corrected chi connectivity index (χ0v) is 12.8. The molecule has 0 N–H and O–H groups in total. The Morgan fingerprint density at radius 2 is 1.90 bits per heavy atom. The van der Waals surface area contributed by atoms with Crippen molar-refractivity contribution in [1.82, 2.24) is 0 Å². The van der Waals surface area contributed by atoms with E-state index < -0.39 is 12.4 Å². The lowest BCUT2D eigenvalue weighted by atomic mass is 10.1. The van der Waals surface area contributed by atoms with Gasteiger partial charge in [-0.15, -0.1) is 11.8 Å². The first-order chi connectivity index (χ1) is 9.38. The van der Waals surface area contributed by atoms with Crippen LogP contribution >= 0.6 is 11.8 Å². The Morgan fingerprint density at radius 3 is 2.45 bits per heavy atom. The van der Waals surface area contributed by atoms with Crippen molar-refractivity contribution >= 4 is 23.7 Å². The lowest BCUT2D eigenvalue weighted by molar-refractivity contribution is -0.254. The smallest absolute Gasteiger partial charge is 0.303 e. The molecular formula is C13H20O6S. The van der Waals surface area contributed by atoms with Crippen molar-refractivity contribution in [1.29, 1.82) is 0 Å². The largest absolute Gasteiger partial charge is 0.463 e. The Bertz CT molecular complexity index is 385. The van der Waals surface area contributed by atoms with Gasteiger partial charge in [0.1, 0.15) is 12.7 Å². The van der Waals surface area contributed by atoms with Crippen molar-refractivity contribution in [3.05, 3.63) is 0 Å². The van der Waals surface area contributed by atoms with Crippen LogP contribution in [0.4, 0.5) is 0 Å². The van der Waals surface area contributed by atoms with E-state index >= 15 is 0 Å². The van der Waals surface area contributed by atoms with Gasteiger partial charge in [0.25, 0.3) is 0 Å². The Balaban J connectivity index is 1.99. The normalized spacial score (nSPS) is 35.4. The van der Waals surface area contributed by atoms with Gasteiger partial charge in [0.15, 0.2) is 12.4 Å². The van der Waals surface area contributed by atoms with Gasteiger partial charge >= 0.3 is 11.9 Å². The van der Waals surface area contributed by atoms with E-state index in [0.717, 1.165) is 0 Å². The second-order valence-electron chi connectivity index (χ2n) is 5.17. The van der Waals surface area contributed by atoms with Crippen LogP contribution in [0.15, 0.2) is 0 Å². The van der Waals surface area contributed by atoms with Gasteiger partial charge in [-0.05, 0) is 13.8 Å². The molecule has 0 aliphatic carbocycles. The van der Waals surface area contributed by atoms with Crippen molar-refractivity contribution in [3.63, 3.8) is 0 Å². The fourth-order valence-electron chi connectivity index (χ4n) is 2.21. The van der Waals surface area contributed by atoms with E-state index in [1.807, 2.05) is 13.8 Å². The van der Waals surface area contributed by atoms with E-state index in [2.05, 4.69) is 0 Å². The van der Waals surface area contributed by atoms with Crippen LogP contribution in [0.1, 0.15) is 27.7 Å². The molecule has 2 aliphatic rings. The fourth-order valence-corrected chi connectivity index (χ4v) is 3.47. The molecule has 2 rings (SSSR count). The molecular weight excluding hydrogens is 284 g/mol. The molecule has 20 heavy (non-hydrogen) atoms. The number of ether oxygens (including phenoxy) is 4. The van der Waals surface area contributed by atoms with Crippen LogP contribution in [0.5, 0.6) is 0 Å². The van der Waals surface area contributed by atoms with Gasteiger partial charge in [-0.2, -0.15) is 0 Å². The van der Waals surface area contributed by atoms with E-state index in [1.54, 1.807) is 11.8 Å². The molecule has 0 spiro atoms. The number of thioether (sulfide) groups is 1. The third kappa shape index (κ3) is 3.86. The Kier molecular flexibility index (Phi) is 4.93. The molecule has 0 amide bonds. The molecule has 2 heterocycles. The van der Waals surface area contributed by atoms with Crippen molar-refractivity contribution in [3.8, 4) is 0 Å². The van der Waals surface area contributed by atoms with E-state index in [1.165, 1.54) is 13.8 Å². The predicted molar refractivity (Wildman–Crippen MR) is 72.2 cm³/mol. The summed E-state index contributed by atoms with van der Waals surface area (Å²) < 4.78 is 21.8. The first-order valence-corrected chi connectivity index (χ1v) is 7.59. The summed E-state index contributed by atoms with van der Waals surface area (Å²) in [4.78, 5) is 22.1. The van der Waals surface area contributed by atoms with Crippen molar-refractivity contribution < 1.29 is 28.5 Å². The molecule has 0 saturated carbocycles. The summed E-state index contributed by atoms with van der Waals surface area (Å²) in [6.07, 6.45) is -1.29. The van der Waals surface area contributed by atoms with Gasteiger partial charge in [-0.3, -0.25) is 9.59 Å². The maximum atomic E-state index is 11.2. The summed E-state index contributed by atoms with van der Waals surface area (Å²) >= 11 is 1.67. The number of fused-ring (bicyclic) bond motifs is 1. The summed E-state index contributed by atoms with van der Waals surface area (Å²) in [6.45, 7) is 6.72. The number of hydrogen-bond acceptors (Lipinski definition) is 7. The zero-order chi connectivity index (χ0) is 14.9. The van der Waals surface area contributed by atoms with Crippen LogP contribution in [0.25, 0.3) is 0 Å².